The first kappa shape index (κ1) is 13.2. The number of hydrogen-bond donors (Lipinski definition) is 1. The van der Waals surface area contributed by atoms with Crippen LogP contribution in [0.15, 0.2) is 30.3 Å². The highest BCUT2D eigenvalue weighted by atomic mass is 16.3. The molecule has 1 atom stereocenters. The van der Waals surface area contributed by atoms with Crippen molar-refractivity contribution in [3.05, 3.63) is 35.9 Å². The van der Waals surface area contributed by atoms with Crippen LogP contribution in [0.2, 0.25) is 0 Å². The summed E-state index contributed by atoms with van der Waals surface area (Å²) in [4.78, 5) is 0. The van der Waals surface area contributed by atoms with E-state index >= 15 is 0 Å². The molecule has 0 aliphatic rings. The van der Waals surface area contributed by atoms with Gasteiger partial charge in [0.05, 0.1) is 0 Å². The van der Waals surface area contributed by atoms with E-state index in [1.54, 1.807) is 0 Å². The van der Waals surface area contributed by atoms with Gasteiger partial charge in [0, 0.05) is 6.61 Å². The molecule has 0 spiro atoms. The fourth-order valence-electron chi connectivity index (χ4n) is 2.02. The van der Waals surface area contributed by atoms with E-state index in [2.05, 4.69) is 38.1 Å². The molecule has 1 unspecified atom stereocenters. The van der Waals surface area contributed by atoms with Gasteiger partial charge < -0.3 is 5.11 Å². The molecule has 1 rings (SSSR count). The van der Waals surface area contributed by atoms with Crippen LogP contribution in [-0.2, 0) is 6.42 Å². The van der Waals surface area contributed by atoms with E-state index in [0.717, 1.165) is 18.8 Å². The molecule has 1 aromatic rings. The molecule has 1 aromatic carbocycles. The van der Waals surface area contributed by atoms with Crippen molar-refractivity contribution < 1.29 is 5.11 Å². The Morgan fingerprint density at radius 2 is 1.75 bits per heavy atom. The van der Waals surface area contributed by atoms with Crippen molar-refractivity contribution in [2.24, 2.45) is 11.8 Å². The van der Waals surface area contributed by atoms with Gasteiger partial charge in [-0.3, -0.25) is 0 Å². The summed E-state index contributed by atoms with van der Waals surface area (Å²) in [6.45, 7) is 4.82. The Hall–Kier alpha value is -0.820. The summed E-state index contributed by atoms with van der Waals surface area (Å²) in [5.41, 5.74) is 1.34. The molecule has 0 aliphatic carbocycles. The summed E-state index contributed by atoms with van der Waals surface area (Å²) in [6, 6.07) is 10.5. The molecule has 0 bridgehead atoms. The number of benzene rings is 1. The lowest BCUT2D eigenvalue weighted by molar-refractivity contribution is 0.213. The van der Waals surface area contributed by atoms with Crippen LogP contribution in [0.1, 0.15) is 38.7 Å². The third-order valence-corrected chi connectivity index (χ3v) is 3.02. The summed E-state index contributed by atoms with van der Waals surface area (Å²) < 4.78 is 0. The molecule has 1 nitrogen and oxygen atoms in total. The van der Waals surface area contributed by atoms with Gasteiger partial charge in [-0.1, -0.05) is 57.0 Å². The standard InChI is InChI=1S/C15H24O/c1-13(2)7-6-10-15(12-16)11-14-8-4-3-5-9-14/h3-5,8-9,13,15-16H,6-7,10-12H2,1-2H3. The predicted molar refractivity (Wildman–Crippen MR) is 69.4 cm³/mol. The molecular weight excluding hydrogens is 196 g/mol. The van der Waals surface area contributed by atoms with Crippen LogP contribution in [-0.4, -0.2) is 11.7 Å². The maximum Gasteiger partial charge on any atom is 0.0462 e. The quantitative estimate of drug-likeness (QED) is 0.743. The predicted octanol–water partition coefficient (Wildman–Crippen LogP) is 3.66. The van der Waals surface area contributed by atoms with E-state index in [-0.39, 0.29) is 0 Å². The van der Waals surface area contributed by atoms with Crippen LogP contribution in [0.25, 0.3) is 0 Å². The van der Waals surface area contributed by atoms with Crippen LogP contribution in [0.5, 0.6) is 0 Å². The summed E-state index contributed by atoms with van der Waals surface area (Å²) in [5, 5.41) is 9.35. The topological polar surface area (TPSA) is 20.2 Å². The molecule has 0 aromatic heterocycles. The van der Waals surface area contributed by atoms with Gasteiger partial charge in [0.15, 0.2) is 0 Å². The van der Waals surface area contributed by atoms with E-state index in [4.69, 9.17) is 0 Å². The first-order chi connectivity index (χ1) is 7.72. The Kier molecular flexibility index (Phi) is 6.17. The van der Waals surface area contributed by atoms with Gasteiger partial charge >= 0.3 is 0 Å². The van der Waals surface area contributed by atoms with Crippen molar-refractivity contribution in [1.29, 1.82) is 0 Å². The lowest BCUT2D eigenvalue weighted by Gasteiger charge is -2.14. The summed E-state index contributed by atoms with van der Waals surface area (Å²) in [6.07, 6.45) is 4.65. The van der Waals surface area contributed by atoms with Crippen molar-refractivity contribution in [2.45, 2.75) is 39.5 Å². The second-order valence-electron chi connectivity index (χ2n) is 5.06. The highest BCUT2D eigenvalue weighted by molar-refractivity contribution is 5.15. The van der Waals surface area contributed by atoms with Gasteiger partial charge in [-0.15, -0.1) is 0 Å². The number of hydrogen-bond acceptors (Lipinski definition) is 1. The molecule has 0 saturated heterocycles. The fraction of sp³-hybridized carbons (Fsp3) is 0.600. The van der Waals surface area contributed by atoms with E-state index in [0.29, 0.717) is 12.5 Å². The Morgan fingerprint density at radius 1 is 1.06 bits per heavy atom. The maximum absolute atomic E-state index is 9.35. The van der Waals surface area contributed by atoms with Gasteiger partial charge in [-0.25, -0.2) is 0 Å². The average molecular weight is 220 g/mol. The van der Waals surface area contributed by atoms with Gasteiger partial charge in [-0.05, 0) is 30.2 Å². The lowest BCUT2D eigenvalue weighted by atomic mass is 9.93. The van der Waals surface area contributed by atoms with Gasteiger partial charge in [0.2, 0.25) is 0 Å². The minimum atomic E-state index is 0.312. The molecule has 0 amide bonds. The maximum atomic E-state index is 9.35. The molecule has 0 saturated carbocycles. The molecule has 0 heterocycles. The number of aliphatic hydroxyl groups excluding tert-OH is 1. The second kappa shape index (κ2) is 7.45. The van der Waals surface area contributed by atoms with Crippen LogP contribution >= 0.6 is 0 Å². The molecular formula is C15H24O. The number of aliphatic hydroxyl groups is 1. The molecule has 16 heavy (non-hydrogen) atoms. The van der Waals surface area contributed by atoms with Crippen LogP contribution < -0.4 is 0 Å². The van der Waals surface area contributed by atoms with E-state index in [9.17, 15) is 5.11 Å². The van der Waals surface area contributed by atoms with Gasteiger partial charge in [0.25, 0.3) is 0 Å². The Bertz CT molecular complexity index is 266. The molecule has 1 heteroatoms. The van der Waals surface area contributed by atoms with Crippen molar-refractivity contribution in [3.8, 4) is 0 Å². The Balaban J connectivity index is 2.32. The minimum Gasteiger partial charge on any atom is -0.396 e. The Labute approximate surface area is 99.5 Å². The lowest BCUT2D eigenvalue weighted by Crippen LogP contribution is -2.10. The largest absolute Gasteiger partial charge is 0.396 e. The zero-order valence-electron chi connectivity index (χ0n) is 10.5. The summed E-state index contributed by atoms with van der Waals surface area (Å²) >= 11 is 0. The monoisotopic (exact) mass is 220 g/mol. The third-order valence-electron chi connectivity index (χ3n) is 3.02. The molecule has 1 N–H and O–H groups in total. The van der Waals surface area contributed by atoms with Crippen LogP contribution in [0.4, 0.5) is 0 Å². The third kappa shape index (κ3) is 5.32. The molecule has 90 valence electrons. The zero-order chi connectivity index (χ0) is 11.8. The summed E-state index contributed by atoms with van der Waals surface area (Å²) in [5.74, 6) is 1.21. The first-order valence-electron chi connectivity index (χ1n) is 6.37. The van der Waals surface area contributed by atoms with E-state index in [1.807, 2.05) is 6.07 Å². The van der Waals surface area contributed by atoms with Crippen LogP contribution in [0, 0.1) is 11.8 Å². The normalized spacial score (nSPS) is 13.0. The fourth-order valence-corrected chi connectivity index (χ4v) is 2.02. The molecule has 0 fully saturated rings. The summed E-state index contributed by atoms with van der Waals surface area (Å²) in [7, 11) is 0. The molecule has 0 radical (unpaired) electrons. The van der Waals surface area contributed by atoms with Crippen LogP contribution in [0.3, 0.4) is 0 Å². The highest BCUT2D eigenvalue weighted by Crippen LogP contribution is 2.16. The average Bonchev–Trinajstić information content (AvgIpc) is 2.28. The van der Waals surface area contributed by atoms with E-state index < -0.39 is 0 Å². The zero-order valence-corrected chi connectivity index (χ0v) is 10.5. The highest BCUT2D eigenvalue weighted by Gasteiger charge is 2.08. The number of rotatable bonds is 7. The first-order valence-corrected chi connectivity index (χ1v) is 6.37. The van der Waals surface area contributed by atoms with Gasteiger partial charge in [-0.2, -0.15) is 0 Å². The van der Waals surface area contributed by atoms with E-state index in [1.165, 1.54) is 18.4 Å². The van der Waals surface area contributed by atoms with Gasteiger partial charge in [0.1, 0.15) is 0 Å². The van der Waals surface area contributed by atoms with Crippen molar-refractivity contribution >= 4 is 0 Å². The minimum absolute atomic E-state index is 0.312. The SMILES string of the molecule is CC(C)CCCC(CO)Cc1ccccc1. The van der Waals surface area contributed by atoms with Crippen molar-refractivity contribution in [2.75, 3.05) is 6.61 Å². The van der Waals surface area contributed by atoms with Crippen molar-refractivity contribution in [1.82, 2.24) is 0 Å². The smallest absolute Gasteiger partial charge is 0.0462 e. The van der Waals surface area contributed by atoms with Crippen molar-refractivity contribution in [3.63, 3.8) is 0 Å². The molecule has 0 aliphatic heterocycles. The Morgan fingerprint density at radius 3 is 2.31 bits per heavy atom. The second-order valence-corrected chi connectivity index (χ2v) is 5.06.